The molecule has 1 unspecified atom stereocenters. The maximum absolute atomic E-state index is 13.2. The van der Waals surface area contributed by atoms with Crippen LogP contribution in [0.2, 0.25) is 0 Å². The molecular formula is C19H22ClN3O4. The molecule has 0 radical (unpaired) electrons. The monoisotopic (exact) mass is 391 g/mol. The summed E-state index contributed by atoms with van der Waals surface area (Å²) < 4.78 is 5.45. The molecule has 1 amide bonds. The minimum Gasteiger partial charge on any atom is -0.496 e. The lowest BCUT2D eigenvalue weighted by atomic mass is 9.99. The van der Waals surface area contributed by atoms with Crippen molar-refractivity contribution >= 4 is 24.0 Å². The van der Waals surface area contributed by atoms with E-state index in [0.717, 1.165) is 11.3 Å². The number of hydrogen-bond donors (Lipinski definition) is 1. The molecule has 1 N–H and O–H groups in total. The van der Waals surface area contributed by atoms with Crippen molar-refractivity contribution in [3.8, 4) is 5.75 Å². The second kappa shape index (κ2) is 8.83. The van der Waals surface area contributed by atoms with Crippen LogP contribution in [0.15, 0.2) is 42.5 Å². The van der Waals surface area contributed by atoms with Crippen molar-refractivity contribution in [2.75, 3.05) is 26.7 Å². The summed E-state index contributed by atoms with van der Waals surface area (Å²) in [7, 11) is 1.60. The number of halogens is 1. The van der Waals surface area contributed by atoms with Crippen LogP contribution in [0.25, 0.3) is 0 Å². The summed E-state index contributed by atoms with van der Waals surface area (Å²) in [6, 6.07) is 12.0. The summed E-state index contributed by atoms with van der Waals surface area (Å²) in [6.45, 7) is 3.40. The molecule has 0 aliphatic carbocycles. The van der Waals surface area contributed by atoms with Crippen molar-refractivity contribution in [1.29, 1.82) is 0 Å². The molecule has 27 heavy (non-hydrogen) atoms. The van der Waals surface area contributed by atoms with Crippen LogP contribution in [0.5, 0.6) is 5.75 Å². The highest BCUT2D eigenvalue weighted by molar-refractivity contribution is 5.97. The standard InChI is InChI=1S/C19H21N3O4.ClH/c1-13-14(7-5-8-16(13)22(24)25)19(23)21-11-10-20-12-17(21)15-6-3-4-9-18(15)26-2;/h3-9,17,20H,10-12H2,1-2H3;1H. The van der Waals surface area contributed by atoms with Crippen molar-refractivity contribution in [1.82, 2.24) is 10.2 Å². The summed E-state index contributed by atoms with van der Waals surface area (Å²) >= 11 is 0. The van der Waals surface area contributed by atoms with Crippen LogP contribution in [0.3, 0.4) is 0 Å². The van der Waals surface area contributed by atoms with E-state index < -0.39 is 4.92 Å². The maximum Gasteiger partial charge on any atom is 0.273 e. The van der Waals surface area contributed by atoms with Gasteiger partial charge in [0.1, 0.15) is 5.75 Å². The molecule has 144 valence electrons. The van der Waals surface area contributed by atoms with Gasteiger partial charge in [-0.3, -0.25) is 14.9 Å². The molecule has 1 aliphatic rings. The fourth-order valence-electron chi connectivity index (χ4n) is 3.37. The number of piperazine rings is 1. The Hall–Kier alpha value is -2.64. The molecule has 7 nitrogen and oxygen atoms in total. The predicted octanol–water partition coefficient (Wildman–Crippen LogP) is 3.12. The van der Waals surface area contributed by atoms with Gasteiger partial charge in [0.25, 0.3) is 11.6 Å². The fraction of sp³-hybridized carbons (Fsp3) is 0.316. The van der Waals surface area contributed by atoms with E-state index in [1.165, 1.54) is 6.07 Å². The van der Waals surface area contributed by atoms with E-state index in [0.29, 0.717) is 30.8 Å². The van der Waals surface area contributed by atoms with E-state index in [4.69, 9.17) is 4.74 Å². The number of amides is 1. The van der Waals surface area contributed by atoms with Crippen molar-refractivity contribution in [2.45, 2.75) is 13.0 Å². The van der Waals surface area contributed by atoms with Crippen LogP contribution in [-0.4, -0.2) is 42.5 Å². The molecule has 0 aromatic heterocycles. The fourth-order valence-corrected chi connectivity index (χ4v) is 3.37. The molecule has 8 heteroatoms. The summed E-state index contributed by atoms with van der Waals surface area (Å²) in [4.78, 5) is 25.7. The number of nitrogens with one attached hydrogen (secondary N) is 1. The SMILES string of the molecule is COc1ccccc1C1CNCCN1C(=O)c1cccc([N+](=O)[O-])c1C.Cl. The first-order valence-electron chi connectivity index (χ1n) is 8.43. The molecule has 2 aromatic rings. The zero-order valence-electron chi connectivity index (χ0n) is 15.2. The molecule has 1 saturated heterocycles. The van der Waals surface area contributed by atoms with Crippen LogP contribution < -0.4 is 10.1 Å². The summed E-state index contributed by atoms with van der Waals surface area (Å²) in [5, 5.41) is 14.5. The highest BCUT2D eigenvalue weighted by atomic mass is 35.5. The first kappa shape index (κ1) is 20.7. The number of methoxy groups -OCH3 is 1. The quantitative estimate of drug-likeness (QED) is 0.639. The van der Waals surface area contributed by atoms with E-state index in [9.17, 15) is 14.9 Å². The maximum atomic E-state index is 13.2. The number of carbonyl (C=O) groups is 1. The zero-order chi connectivity index (χ0) is 18.7. The van der Waals surface area contributed by atoms with E-state index >= 15 is 0 Å². The predicted molar refractivity (Wildman–Crippen MR) is 105 cm³/mol. The van der Waals surface area contributed by atoms with Crippen molar-refractivity contribution in [3.63, 3.8) is 0 Å². The average molecular weight is 392 g/mol. The third-order valence-corrected chi connectivity index (χ3v) is 4.73. The van der Waals surface area contributed by atoms with Crippen LogP contribution in [0, 0.1) is 17.0 Å². The van der Waals surface area contributed by atoms with Gasteiger partial charge in [0.05, 0.1) is 18.1 Å². The van der Waals surface area contributed by atoms with Crippen molar-refractivity contribution in [2.24, 2.45) is 0 Å². The van der Waals surface area contributed by atoms with Gasteiger partial charge in [-0.15, -0.1) is 12.4 Å². The Bertz CT molecular complexity index is 843. The lowest BCUT2D eigenvalue weighted by Gasteiger charge is -2.37. The summed E-state index contributed by atoms with van der Waals surface area (Å²) in [5.41, 5.74) is 1.62. The Kier molecular flexibility index (Phi) is 6.76. The molecule has 0 bridgehead atoms. The Morgan fingerprint density at radius 1 is 1.26 bits per heavy atom. The first-order chi connectivity index (χ1) is 12.5. The van der Waals surface area contributed by atoms with Gasteiger partial charge in [-0.2, -0.15) is 0 Å². The minimum absolute atomic E-state index is 0. The van der Waals surface area contributed by atoms with Gasteiger partial charge in [0, 0.05) is 42.4 Å². The molecule has 2 aromatic carbocycles. The van der Waals surface area contributed by atoms with E-state index in [1.54, 1.807) is 31.1 Å². The van der Waals surface area contributed by atoms with Gasteiger partial charge in [-0.05, 0) is 19.1 Å². The third kappa shape index (κ3) is 4.04. The Morgan fingerprint density at radius 2 is 2.00 bits per heavy atom. The summed E-state index contributed by atoms with van der Waals surface area (Å²) in [6.07, 6.45) is 0. The van der Waals surface area contributed by atoms with Gasteiger partial charge in [0.2, 0.25) is 0 Å². The number of hydrogen-bond acceptors (Lipinski definition) is 5. The number of benzene rings is 2. The molecule has 0 saturated carbocycles. The van der Waals surface area contributed by atoms with Crippen LogP contribution in [-0.2, 0) is 0 Å². The van der Waals surface area contributed by atoms with Gasteiger partial charge in [-0.1, -0.05) is 24.3 Å². The molecule has 0 spiro atoms. The van der Waals surface area contributed by atoms with Crippen molar-refractivity contribution in [3.05, 3.63) is 69.3 Å². The number of carbonyl (C=O) groups excluding carboxylic acids is 1. The highest BCUT2D eigenvalue weighted by Crippen LogP contribution is 2.32. The Labute approximate surface area is 163 Å². The largest absolute Gasteiger partial charge is 0.496 e. The van der Waals surface area contributed by atoms with Crippen molar-refractivity contribution < 1.29 is 14.5 Å². The molecule has 3 rings (SSSR count). The topological polar surface area (TPSA) is 84.7 Å². The molecule has 1 heterocycles. The lowest BCUT2D eigenvalue weighted by Crippen LogP contribution is -2.49. The van der Waals surface area contributed by atoms with E-state index in [2.05, 4.69) is 5.32 Å². The number of para-hydroxylation sites is 1. The Balaban J connectivity index is 0.00000261. The van der Waals surface area contributed by atoms with Gasteiger partial charge in [-0.25, -0.2) is 0 Å². The smallest absolute Gasteiger partial charge is 0.273 e. The molecular weight excluding hydrogens is 370 g/mol. The minimum atomic E-state index is -0.457. The zero-order valence-corrected chi connectivity index (χ0v) is 16.0. The molecule has 1 fully saturated rings. The number of nitro benzene ring substituents is 1. The van der Waals surface area contributed by atoms with Gasteiger partial charge >= 0.3 is 0 Å². The van der Waals surface area contributed by atoms with Gasteiger partial charge in [0.15, 0.2) is 0 Å². The normalized spacial score (nSPS) is 16.4. The van der Waals surface area contributed by atoms with E-state index in [1.807, 2.05) is 24.3 Å². The highest BCUT2D eigenvalue weighted by Gasteiger charge is 2.32. The lowest BCUT2D eigenvalue weighted by molar-refractivity contribution is -0.385. The molecule has 1 aliphatic heterocycles. The molecule has 1 atom stereocenters. The van der Waals surface area contributed by atoms with E-state index in [-0.39, 0.29) is 30.0 Å². The number of nitrogens with zero attached hydrogens (tertiary/aromatic N) is 2. The number of ether oxygens (including phenoxy) is 1. The van der Waals surface area contributed by atoms with Crippen LogP contribution in [0.1, 0.15) is 27.5 Å². The van der Waals surface area contributed by atoms with Crippen LogP contribution in [0.4, 0.5) is 5.69 Å². The number of nitro groups is 1. The van der Waals surface area contributed by atoms with Gasteiger partial charge < -0.3 is 15.0 Å². The first-order valence-corrected chi connectivity index (χ1v) is 8.43. The second-order valence-electron chi connectivity index (χ2n) is 6.17. The average Bonchev–Trinajstić information content (AvgIpc) is 2.67. The second-order valence-corrected chi connectivity index (χ2v) is 6.17. The third-order valence-electron chi connectivity index (χ3n) is 4.73. The summed E-state index contributed by atoms with van der Waals surface area (Å²) in [5.74, 6) is 0.512. The number of rotatable bonds is 4. The Morgan fingerprint density at radius 3 is 2.70 bits per heavy atom. The van der Waals surface area contributed by atoms with Crippen LogP contribution >= 0.6 is 12.4 Å².